The van der Waals surface area contributed by atoms with Crippen LogP contribution in [0.4, 0.5) is 0 Å². The van der Waals surface area contributed by atoms with Gasteiger partial charge in [-0.15, -0.1) is 6.58 Å². The lowest BCUT2D eigenvalue weighted by Gasteiger charge is -2.56. The summed E-state index contributed by atoms with van der Waals surface area (Å²) < 4.78 is 5.71. The van der Waals surface area contributed by atoms with Crippen molar-refractivity contribution in [1.82, 2.24) is 0 Å². The highest BCUT2D eigenvalue weighted by Crippen LogP contribution is 2.65. The molecule has 0 aromatic rings. The van der Waals surface area contributed by atoms with Gasteiger partial charge in [-0.2, -0.15) is 0 Å². The summed E-state index contributed by atoms with van der Waals surface area (Å²) in [6.45, 7) is 10.4. The third kappa shape index (κ3) is 1.71. The second-order valence-electron chi connectivity index (χ2n) is 8.85. The fourth-order valence-corrected chi connectivity index (χ4v) is 6.06. The first kappa shape index (κ1) is 15.2. The molecular formula is C20H26O3. The van der Waals surface area contributed by atoms with Crippen molar-refractivity contribution in [3.8, 4) is 0 Å². The molecule has 0 aromatic heterocycles. The van der Waals surface area contributed by atoms with Gasteiger partial charge >= 0.3 is 5.97 Å². The van der Waals surface area contributed by atoms with Crippen molar-refractivity contribution >= 4 is 11.8 Å². The molecule has 4 aliphatic rings. The van der Waals surface area contributed by atoms with Gasteiger partial charge in [0.05, 0.1) is 0 Å². The number of ether oxygens (including phenoxy) is 1. The van der Waals surface area contributed by atoms with Gasteiger partial charge in [-0.25, -0.2) is 0 Å². The number of allylic oxidation sites excluding steroid dienone is 2. The largest absolute Gasteiger partial charge is 0.457 e. The first-order valence-corrected chi connectivity index (χ1v) is 8.83. The highest BCUT2D eigenvalue weighted by molar-refractivity contribution is 6.06. The lowest BCUT2D eigenvalue weighted by atomic mass is 9.45. The van der Waals surface area contributed by atoms with Gasteiger partial charge < -0.3 is 4.74 Å². The Morgan fingerprint density at radius 3 is 2.70 bits per heavy atom. The van der Waals surface area contributed by atoms with E-state index in [1.165, 1.54) is 5.57 Å². The van der Waals surface area contributed by atoms with Crippen LogP contribution in [0.5, 0.6) is 0 Å². The maximum absolute atomic E-state index is 12.6. The molecule has 2 saturated carbocycles. The van der Waals surface area contributed by atoms with Crippen LogP contribution >= 0.6 is 0 Å². The molecule has 3 heteroatoms. The Hall–Kier alpha value is -1.38. The van der Waals surface area contributed by atoms with E-state index in [0.29, 0.717) is 12.3 Å². The maximum Gasteiger partial charge on any atom is 0.320 e. The fraction of sp³-hybridized carbons (Fsp3) is 0.700. The number of rotatable bonds is 1. The number of Topliss-reactive ketones (excluding diaryl/α,β-unsaturated/α-hetero) is 1. The second-order valence-corrected chi connectivity index (χ2v) is 8.85. The van der Waals surface area contributed by atoms with Crippen LogP contribution in [0.3, 0.4) is 0 Å². The zero-order valence-electron chi connectivity index (χ0n) is 14.4. The number of hydrogen-bond acceptors (Lipinski definition) is 3. The molecular weight excluding hydrogens is 288 g/mol. The van der Waals surface area contributed by atoms with E-state index in [0.717, 1.165) is 25.7 Å². The second kappa shape index (κ2) is 4.37. The van der Waals surface area contributed by atoms with Crippen LogP contribution in [0.2, 0.25) is 0 Å². The Bertz CT molecular complexity index is 647. The molecule has 3 aliphatic carbocycles. The fourth-order valence-electron chi connectivity index (χ4n) is 6.06. The third-order valence-electron chi connectivity index (χ3n) is 7.53. The number of carbonyl (C=O) groups excluding carboxylic acids is 2. The number of carbonyl (C=O) groups is 2. The molecule has 0 bridgehead atoms. The van der Waals surface area contributed by atoms with Crippen LogP contribution in [-0.4, -0.2) is 17.9 Å². The van der Waals surface area contributed by atoms with E-state index in [4.69, 9.17) is 4.74 Å². The van der Waals surface area contributed by atoms with Gasteiger partial charge in [0.15, 0.2) is 0 Å². The van der Waals surface area contributed by atoms with Gasteiger partial charge in [-0.1, -0.05) is 25.5 Å². The summed E-state index contributed by atoms with van der Waals surface area (Å²) in [4.78, 5) is 25.1. The Labute approximate surface area is 138 Å². The van der Waals surface area contributed by atoms with E-state index < -0.39 is 5.41 Å². The highest BCUT2D eigenvalue weighted by atomic mass is 16.6. The molecule has 0 amide bonds. The van der Waals surface area contributed by atoms with Crippen LogP contribution < -0.4 is 0 Å². The minimum absolute atomic E-state index is 0.00517. The van der Waals surface area contributed by atoms with E-state index in [2.05, 4.69) is 32.6 Å². The van der Waals surface area contributed by atoms with Crippen LogP contribution in [0.25, 0.3) is 0 Å². The molecule has 0 radical (unpaired) electrons. The molecule has 1 heterocycles. The van der Waals surface area contributed by atoms with Crippen molar-refractivity contribution in [2.45, 2.75) is 59.0 Å². The minimum atomic E-state index is -0.932. The van der Waals surface area contributed by atoms with Crippen LogP contribution in [0.1, 0.15) is 52.9 Å². The van der Waals surface area contributed by atoms with Crippen LogP contribution in [-0.2, 0) is 14.3 Å². The summed E-state index contributed by atoms with van der Waals surface area (Å²) in [6, 6.07) is 0. The quantitative estimate of drug-likeness (QED) is 0.419. The smallest absolute Gasteiger partial charge is 0.320 e. The van der Waals surface area contributed by atoms with E-state index in [1.807, 2.05) is 6.92 Å². The number of fused-ring (bicyclic) bond motifs is 2. The van der Waals surface area contributed by atoms with Gasteiger partial charge in [-0.05, 0) is 55.4 Å². The molecule has 1 saturated heterocycles. The van der Waals surface area contributed by atoms with Crippen LogP contribution in [0.15, 0.2) is 24.3 Å². The molecule has 3 fully saturated rings. The maximum atomic E-state index is 12.6. The van der Waals surface area contributed by atoms with Gasteiger partial charge in [0.1, 0.15) is 17.3 Å². The number of esters is 1. The minimum Gasteiger partial charge on any atom is -0.457 e. The molecule has 124 valence electrons. The van der Waals surface area contributed by atoms with E-state index in [-0.39, 0.29) is 34.6 Å². The van der Waals surface area contributed by atoms with Gasteiger partial charge in [-0.3, -0.25) is 9.59 Å². The number of ketones is 1. The zero-order valence-corrected chi connectivity index (χ0v) is 14.4. The predicted molar refractivity (Wildman–Crippen MR) is 87.6 cm³/mol. The summed E-state index contributed by atoms with van der Waals surface area (Å²) in [6.07, 6.45) is 8.67. The Kier molecular flexibility index (Phi) is 2.88. The molecule has 0 aromatic carbocycles. The van der Waals surface area contributed by atoms with E-state index >= 15 is 0 Å². The average molecular weight is 314 g/mol. The third-order valence-corrected chi connectivity index (χ3v) is 7.53. The monoisotopic (exact) mass is 314 g/mol. The lowest BCUT2D eigenvalue weighted by Crippen LogP contribution is -2.57. The van der Waals surface area contributed by atoms with Gasteiger partial charge in [0.2, 0.25) is 0 Å². The standard InChI is InChI=1S/C20H26O3/c1-5-18(2)8-6-13-12(11-18)10-14-16-19(13,3)9-7-15(21)20(16,4)17(22)23-14/h5,10,13-14,16H,1,6-9,11H2,2-4H3/t13-,14+,16-,18-,19-,20+/m1/s1. The summed E-state index contributed by atoms with van der Waals surface area (Å²) >= 11 is 0. The molecule has 3 nitrogen and oxygen atoms in total. The molecule has 0 unspecified atom stereocenters. The van der Waals surface area contributed by atoms with Crippen molar-refractivity contribution in [3.05, 3.63) is 24.3 Å². The van der Waals surface area contributed by atoms with E-state index in [9.17, 15) is 9.59 Å². The Balaban J connectivity index is 1.83. The summed E-state index contributed by atoms with van der Waals surface area (Å²) in [5, 5.41) is 0. The highest BCUT2D eigenvalue weighted by Gasteiger charge is 2.69. The normalized spacial score (nSPS) is 51.4. The molecule has 6 atom stereocenters. The SMILES string of the molecule is C=C[C@]1(C)CC[C@@H]2C(=C[C@@H]3OC(=O)[C@@]4(C)C(=O)CC[C@@]2(C)[C@@H]34)C1. The average Bonchev–Trinajstić information content (AvgIpc) is 2.77. The lowest BCUT2D eigenvalue weighted by molar-refractivity contribution is -0.155. The summed E-state index contributed by atoms with van der Waals surface area (Å²) in [7, 11) is 0. The van der Waals surface area contributed by atoms with E-state index in [1.54, 1.807) is 0 Å². The molecule has 1 aliphatic heterocycles. The van der Waals surface area contributed by atoms with Crippen LogP contribution in [0, 0.1) is 28.1 Å². The molecule has 0 spiro atoms. The predicted octanol–water partition coefficient (Wildman–Crippen LogP) is 3.84. The topological polar surface area (TPSA) is 43.4 Å². The van der Waals surface area contributed by atoms with Gasteiger partial charge in [0.25, 0.3) is 0 Å². The number of hydrogen-bond donors (Lipinski definition) is 0. The summed E-state index contributed by atoms with van der Waals surface area (Å²) in [5.74, 6) is 0.255. The van der Waals surface area contributed by atoms with Crippen molar-refractivity contribution < 1.29 is 14.3 Å². The Morgan fingerprint density at radius 2 is 2.00 bits per heavy atom. The van der Waals surface area contributed by atoms with Crippen molar-refractivity contribution in [2.75, 3.05) is 0 Å². The van der Waals surface area contributed by atoms with Crippen molar-refractivity contribution in [2.24, 2.45) is 28.1 Å². The zero-order chi connectivity index (χ0) is 16.6. The first-order chi connectivity index (χ1) is 10.7. The van der Waals surface area contributed by atoms with Gasteiger partial charge in [0, 0.05) is 12.3 Å². The Morgan fingerprint density at radius 1 is 1.26 bits per heavy atom. The first-order valence-electron chi connectivity index (χ1n) is 8.83. The van der Waals surface area contributed by atoms with Crippen molar-refractivity contribution in [3.63, 3.8) is 0 Å². The van der Waals surface area contributed by atoms with Crippen molar-refractivity contribution in [1.29, 1.82) is 0 Å². The molecule has 23 heavy (non-hydrogen) atoms. The summed E-state index contributed by atoms with van der Waals surface area (Å²) in [5.41, 5.74) is 0.626. The molecule has 0 N–H and O–H groups in total. The molecule has 4 rings (SSSR count).